The summed E-state index contributed by atoms with van der Waals surface area (Å²) in [6.07, 6.45) is 4.50. The minimum absolute atomic E-state index is 0.110. The number of ketones is 2. The van der Waals surface area contributed by atoms with Crippen LogP contribution in [0.25, 0.3) is 27.3 Å². The lowest BCUT2D eigenvalue weighted by Gasteiger charge is -2.26. The Morgan fingerprint density at radius 3 is 1.95 bits per heavy atom. The Labute approximate surface area is 234 Å². The van der Waals surface area contributed by atoms with Crippen molar-refractivity contribution in [2.75, 3.05) is 4.90 Å². The molecule has 1 aliphatic rings. The molecule has 0 spiro atoms. The lowest BCUT2D eigenvalue weighted by Crippen LogP contribution is -2.09. The monoisotopic (exact) mass is 535 g/mol. The van der Waals surface area contributed by atoms with Crippen LogP contribution in [0, 0.1) is 0 Å². The predicted molar refractivity (Wildman–Crippen MR) is 161 cm³/mol. The zero-order valence-electron chi connectivity index (χ0n) is 21.2. The molecule has 0 unspecified atom stereocenters. The van der Waals surface area contributed by atoms with Crippen LogP contribution in [0.1, 0.15) is 25.9 Å². The van der Waals surface area contributed by atoms with E-state index in [0.717, 1.165) is 32.4 Å². The zero-order valence-corrected chi connectivity index (χ0v) is 22.0. The van der Waals surface area contributed by atoms with Gasteiger partial charge in [0.2, 0.25) is 11.6 Å². The van der Waals surface area contributed by atoms with E-state index in [-0.39, 0.29) is 28.5 Å². The Kier molecular flexibility index (Phi) is 5.87. The molecule has 0 radical (unpaired) electrons. The number of thiophene rings is 1. The van der Waals surface area contributed by atoms with Gasteiger partial charge in [-0.1, -0.05) is 60.7 Å². The van der Waals surface area contributed by atoms with Crippen LogP contribution in [-0.4, -0.2) is 21.5 Å². The molecule has 0 atom stereocenters. The molecule has 0 saturated carbocycles. The van der Waals surface area contributed by atoms with Crippen LogP contribution in [0.3, 0.4) is 0 Å². The number of hydrogen-bond acceptors (Lipinski definition) is 6. The number of hydrogen-bond donors (Lipinski definition) is 0. The molecule has 6 heteroatoms. The van der Waals surface area contributed by atoms with E-state index < -0.39 is 0 Å². The fraction of sp³-hybridized carbons (Fsp3) is 0. The van der Waals surface area contributed by atoms with E-state index in [2.05, 4.69) is 93.7 Å². The third kappa shape index (κ3) is 4.21. The maximum absolute atomic E-state index is 12.7. The molecule has 7 rings (SSSR count). The first-order valence-electron chi connectivity index (χ1n) is 12.8. The standard InChI is InChI=1S/C34H21N3O2S/c38-33-29(34(39)32-31(33)35-18-19-36-32)21-28-16-17-30(40-28)23-11-13-26(14-12-23)37(25-8-2-1-3-9-25)27-15-10-22-6-4-5-7-24(22)20-27/h1-21H. The highest BCUT2D eigenvalue weighted by atomic mass is 32.1. The topological polar surface area (TPSA) is 63.2 Å². The summed E-state index contributed by atoms with van der Waals surface area (Å²) in [5, 5.41) is 2.39. The summed E-state index contributed by atoms with van der Waals surface area (Å²) in [4.78, 5) is 37.6. The van der Waals surface area contributed by atoms with Gasteiger partial charge >= 0.3 is 0 Å². The number of carbonyl (C=O) groups excluding carboxylic acids is 2. The van der Waals surface area contributed by atoms with Gasteiger partial charge in [0.05, 0.1) is 5.57 Å². The van der Waals surface area contributed by atoms with E-state index in [1.54, 1.807) is 6.08 Å². The van der Waals surface area contributed by atoms with Crippen molar-refractivity contribution in [3.05, 3.63) is 143 Å². The third-order valence-electron chi connectivity index (χ3n) is 6.95. The Balaban J connectivity index is 1.20. The first-order valence-corrected chi connectivity index (χ1v) is 13.6. The van der Waals surface area contributed by atoms with Crippen molar-refractivity contribution < 1.29 is 9.59 Å². The van der Waals surface area contributed by atoms with E-state index in [0.29, 0.717) is 0 Å². The summed E-state index contributed by atoms with van der Waals surface area (Å²) in [5.41, 5.74) is 4.62. The van der Waals surface area contributed by atoms with Crippen molar-refractivity contribution in [3.8, 4) is 10.4 Å². The molecule has 4 aromatic carbocycles. The van der Waals surface area contributed by atoms with E-state index in [1.807, 2.05) is 30.3 Å². The summed E-state index contributed by atoms with van der Waals surface area (Å²) < 4.78 is 0. The molecular formula is C34H21N3O2S. The first kappa shape index (κ1) is 23.9. The van der Waals surface area contributed by atoms with Crippen LogP contribution in [0.4, 0.5) is 17.1 Å². The van der Waals surface area contributed by atoms with Crippen LogP contribution < -0.4 is 4.90 Å². The van der Waals surface area contributed by atoms with Gasteiger partial charge < -0.3 is 4.90 Å². The molecule has 0 N–H and O–H groups in total. The van der Waals surface area contributed by atoms with Crippen LogP contribution in [0.5, 0.6) is 0 Å². The van der Waals surface area contributed by atoms with E-state index in [1.165, 1.54) is 34.5 Å². The van der Waals surface area contributed by atoms with Gasteiger partial charge in [-0.3, -0.25) is 9.59 Å². The minimum Gasteiger partial charge on any atom is -0.310 e. The lowest BCUT2D eigenvalue weighted by molar-refractivity contribution is 0.0988. The number of allylic oxidation sites excluding steroid dienone is 1. The van der Waals surface area contributed by atoms with Gasteiger partial charge in [0.15, 0.2) is 0 Å². The van der Waals surface area contributed by atoms with E-state index in [4.69, 9.17) is 0 Å². The minimum atomic E-state index is -0.373. The number of Topliss-reactive ketones (excluding diaryl/α,β-unsaturated/α-hetero) is 2. The summed E-state index contributed by atoms with van der Waals surface area (Å²) in [7, 11) is 0. The zero-order chi connectivity index (χ0) is 27.1. The van der Waals surface area contributed by atoms with E-state index >= 15 is 0 Å². The number of rotatable bonds is 5. The SMILES string of the molecule is O=C1C(=Cc2ccc(-c3ccc(N(c4ccccc4)c4ccc5ccccc5c4)cc3)s2)C(=O)c2nccnc21. The molecular weight excluding hydrogens is 514 g/mol. The molecule has 190 valence electrons. The summed E-state index contributed by atoms with van der Waals surface area (Å²) in [6, 6.07) is 37.6. The second kappa shape index (κ2) is 9.84. The van der Waals surface area contributed by atoms with Gasteiger partial charge in [-0.25, -0.2) is 9.97 Å². The van der Waals surface area contributed by atoms with Crippen molar-refractivity contribution in [2.24, 2.45) is 0 Å². The van der Waals surface area contributed by atoms with Crippen molar-refractivity contribution >= 4 is 56.8 Å². The lowest BCUT2D eigenvalue weighted by atomic mass is 10.1. The largest absolute Gasteiger partial charge is 0.310 e. The van der Waals surface area contributed by atoms with Gasteiger partial charge in [-0.05, 0) is 70.9 Å². The highest BCUT2D eigenvalue weighted by Gasteiger charge is 2.35. The van der Waals surface area contributed by atoms with Gasteiger partial charge in [0.25, 0.3) is 0 Å². The Hall–Kier alpha value is -5.20. The van der Waals surface area contributed by atoms with Crippen LogP contribution in [0.15, 0.2) is 127 Å². The van der Waals surface area contributed by atoms with Gasteiger partial charge in [-0.15, -0.1) is 11.3 Å². The van der Waals surface area contributed by atoms with Crippen molar-refractivity contribution in [3.63, 3.8) is 0 Å². The Morgan fingerprint density at radius 2 is 1.23 bits per heavy atom. The number of carbonyl (C=O) groups is 2. The van der Waals surface area contributed by atoms with Crippen LogP contribution >= 0.6 is 11.3 Å². The molecule has 5 nitrogen and oxygen atoms in total. The molecule has 0 saturated heterocycles. The maximum atomic E-state index is 12.7. The molecule has 0 aliphatic heterocycles. The fourth-order valence-corrected chi connectivity index (χ4v) is 5.96. The second-order valence-electron chi connectivity index (χ2n) is 9.42. The summed E-state index contributed by atoms with van der Waals surface area (Å²) in [5.74, 6) is -0.746. The highest BCUT2D eigenvalue weighted by molar-refractivity contribution is 7.16. The molecule has 0 amide bonds. The Bertz CT molecular complexity index is 1900. The molecule has 2 heterocycles. The second-order valence-corrected chi connectivity index (χ2v) is 10.5. The first-order chi connectivity index (χ1) is 19.7. The molecule has 40 heavy (non-hydrogen) atoms. The number of anilines is 3. The summed E-state index contributed by atoms with van der Waals surface area (Å²) in [6.45, 7) is 0. The molecule has 0 bridgehead atoms. The highest BCUT2D eigenvalue weighted by Crippen LogP contribution is 2.38. The predicted octanol–water partition coefficient (Wildman–Crippen LogP) is 8.29. The van der Waals surface area contributed by atoms with Crippen molar-refractivity contribution in [2.45, 2.75) is 0 Å². The van der Waals surface area contributed by atoms with Gasteiger partial charge in [0.1, 0.15) is 11.4 Å². The summed E-state index contributed by atoms with van der Waals surface area (Å²) >= 11 is 1.53. The number of benzene rings is 4. The van der Waals surface area contributed by atoms with Crippen molar-refractivity contribution in [1.29, 1.82) is 0 Å². The van der Waals surface area contributed by atoms with Gasteiger partial charge in [0, 0.05) is 39.2 Å². The van der Waals surface area contributed by atoms with Crippen molar-refractivity contribution in [1.82, 2.24) is 9.97 Å². The average Bonchev–Trinajstić information content (AvgIpc) is 3.57. The van der Waals surface area contributed by atoms with E-state index in [9.17, 15) is 9.59 Å². The van der Waals surface area contributed by atoms with Crippen LogP contribution in [0.2, 0.25) is 0 Å². The normalized spacial score (nSPS) is 12.6. The van der Waals surface area contributed by atoms with Crippen LogP contribution in [-0.2, 0) is 0 Å². The number of nitrogens with zero attached hydrogens (tertiary/aromatic N) is 3. The fourth-order valence-electron chi connectivity index (χ4n) is 5.00. The number of para-hydroxylation sites is 1. The van der Waals surface area contributed by atoms with Gasteiger partial charge in [-0.2, -0.15) is 0 Å². The number of fused-ring (bicyclic) bond motifs is 2. The smallest absolute Gasteiger partial charge is 0.217 e. The Morgan fingerprint density at radius 1 is 0.600 bits per heavy atom. The third-order valence-corrected chi connectivity index (χ3v) is 8.03. The molecule has 2 aromatic heterocycles. The molecule has 1 aliphatic carbocycles. The quantitative estimate of drug-likeness (QED) is 0.164. The molecule has 6 aromatic rings. The maximum Gasteiger partial charge on any atom is 0.217 e. The average molecular weight is 536 g/mol. The number of aromatic nitrogens is 2. The molecule has 0 fully saturated rings.